The van der Waals surface area contributed by atoms with Gasteiger partial charge in [0.2, 0.25) is 0 Å². The van der Waals surface area contributed by atoms with Gasteiger partial charge in [0.1, 0.15) is 23.0 Å². The van der Waals surface area contributed by atoms with Crippen molar-refractivity contribution in [1.29, 1.82) is 0 Å². The Morgan fingerprint density at radius 1 is 0.333 bits per heavy atom. The van der Waals surface area contributed by atoms with Gasteiger partial charge < -0.3 is 28.7 Å². The molecule has 0 unspecified atom stereocenters. The van der Waals surface area contributed by atoms with E-state index in [2.05, 4.69) is 137 Å². The normalized spacial score (nSPS) is 10.6. The number of rotatable bonds is 13. The summed E-state index contributed by atoms with van der Waals surface area (Å²) in [6, 6.07) is 60.3. The topological polar surface area (TPSA) is 43.4 Å². The van der Waals surface area contributed by atoms with Crippen molar-refractivity contribution in [2.75, 3.05) is 38.2 Å². The van der Waals surface area contributed by atoms with Gasteiger partial charge >= 0.3 is 0 Å². The first kappa shape index (κ1) is 35.5. The maximum Gasteiger partial charge on any atom is 0.119 e. The van der Waals surface area contributed by atoms with E-state index < -0.39 is 0 Å². The van der Waals surface area contributed by atoms with E-state index in [0.29, 0.717) is 0 Å². The molecule has 7 aromatic rings. The lowest BCUT2D eigenvalue weighted by molar-refractivity contribution is 0.414. The maximum atomic E-state index is 5.45. The van der Waals surface area contributed by atoms with Crippen molar-refractivity contribution in [3.05, 3.63) is 193 Å². The zero-order chi connectivity index (χ0) is 37.3. The quantitative estimate of drug-likeness (QED) is 0.111. The van der Waals surface area contributed by atoms with Crippen molar-refractivity contribution in [1.82, 2.24) is 0 Å². The fourth-order valence-corrected chi connectivity index (χ4v) is 6.45. The van der Waals surface area contributed by atoms with Gasteiger partial charge in [-0.15, -0.1) is 0 Å². The number of nitrogens with zero attached hydrogens (tertiary/aromatic N) is 2. The van der Waals surface area contributed by atoms with Crippen molar-refractivity contribution >= 4 is 45.8 Å². The Labute approximate surface area is 317 Å². The Morgan fingerprint density at radius 3 is 0.852 bits per heavy atom. The fraction of sp³-hybridized carbons (Fsp3) is 0.0833. The molecule has 0 amide bonds. The summed E-state index contributed by atoms with van der Waals surface area (Å²) in [5.41, 5.74) is 10.5. The van der Waals surface area contributed by atoms with E-state index in [0.717, 1.165) is 79.4 Å². The molecule has 0 saturated heterocycles. The molecule has 0 aliphatic heterocycles. The molecular formula is C48H42N2O4. The van der Waals surface area contributed by atoms with E-state index in [4.69, 9.17) is 18.9 Å². The number of anilines is 6. The first-order valence-electron chi connectivity index (χ1n) is 17.7. The summed E-state index contributed by atoms with van der Waals surface area (Å²) in [4.78, 5) is 4.45. The lowest BCUT2D eigenvalue weighted by Gasteiger charge is -2.26. The highest BCUT2D eigenvalue weighted by Crippen LogP contribution is 2.40. The predicted octanol–water partition coefficient (Wildman–Crippen LogP) is 12.2. The summed E-state index contributed by atoms with van der Waals surface area (Å²) in [7, 11) is 6.73. The van der Waals surface area contributed by atoms with Crippen molar-refractivity contribution in [3.63, 3.8) is 0 Å². The molecule has 0 radical (unpaired) electrons. The third-order valence-corrected chi connectivity index (χ3v) is 9.31. The van der Waals surface area contributed by atoms with E-state index in [1.165, 1.54) is 0 Å². The Bertz CT molecular complexity index is 2030. The standard InChI is InChI=1S/C48H42N2O4/c1-51-44-26-18-40(19-27-44)49(41-20-28-45(52-2)29-21-41)38-14-10-36(11-15-38)48(34-35-8-6-5-7-9-35)37-12-16-39(17-13-37)50(42-22-30-46(53-3)31-23-42)43-24-32-47(54-4)33-25-43/h5-34H,1-4H3. The van der Waals surface area contributed by atoms with Gasteiger partial charge in [-0.3, -0.25) is 0 Å². The summed E-state index contributed by atoms with van der Waals surface area (Å²) in [5.74, 6) is 3.23. The second-order valence-electron chi connectivity index (χ2n) is 12.5. The van der Waals surface area contributed by atoms with Crippen molar-refractivity contribution in [2.24, 2.45) is 0 Å². The van der Waals surface area contributed by atoms with Gasteiger partial charge in [-0.1, -0.05) is 54.6 Å². The van der Waals surface area contributed by atoms with Crippen LogP contribution in [-0.4, -0.2) is 28.4 Å². The number of methoxy groups -OCH3 is 4. The van der Waals surface area contributed by atoms with Gasteiger partial charge in [0.25, 0.3) is 0 Å². The van der Waals surface area contributed by atoms with Gasteiger partial charge in [0.05, 0.1) is 28.4 Å². The molecule has 0 aliphatic rings. The first-order valence-corrected chi connectivity index (χ1v) is 17.7. The van der Waals surface area contributed by atoms with Crippen LogP contribution >= 0.6 is 0 Å². The Kier molecular flexibility index (Phi) is 10.9. The molecular weight excluding hydrogens is 669 g/mol. The van der Waals surface area contributed by atoms with Crippen LogP contribution in [0.1, 0.15) is 16.7 Å². The third-order valence-electron chi connectivity index (χ3n) is 9.31. The van der Waals surface area contributed by atoms with Crippen LogP contribution in [0.2, 0.25) is 0 Å². The van der Waals surface area contributed by atoms with Crippen LogP contribution in [0.25, 0.3) is 11.6 Å². The van der Waals surface area contributed by atoms with Gasteiger partial charge in [-0.2, -0.15) is 0 Å². The molecule has 0 N–H and O–H groups in total. The molecule has 6 heteroatoms. The number of hydrogen-bond acceptors (Lipinski definition) is 6. The van der Waals surface area contributed by atoms with Gasteiger partial charge in [0, 0.05) is 34.1 Å². The molecule has 0 fully saturated rings. The van der Waals surface area contributed by atoms with E-state index in [9.17, 15) is 0 Å². The van der Waals surface area contributed by atoms with Crippen LogP contribution in [0.5, 0.6) is 23.0 Å². The van der Waals surface area contributed by atoms with Crippen LogP contribution in [0.4, 0.5) is 34.1 Å². The number of benzene rings is 7. The molecule has 0 atom stereocenters. The molecule has 0 aromatic heterocycles. The molecule has 0 aliphatic carbocycles. The van der Waals surface area contributed by atoms with Crippen molar-refractivity contribution in [3.8, 4) is 23.0 Å². The minimum Gasteiger partial charge on any atom is -0.497 e. The van der Waals surface area contributed by atoms with Crippen molar-refractivity contribution < 1.29 is 18.9 Å². The van der Waals surface area contributed by atoms with Crippen molar-refractivity contribution in [2.45, 2.75) is 0 Å². The SMILES string of the molecule is COc1ccc(N(c2ccc(OC)cc2)c2ccc(C(=Cc3ccccc3)c3ccc(N(c4ccc(OC)cc4)c4ccc(OC)cc4)cc3)cc2)cc1. The third kappa shape index (κ3) is 7.93. The highest BCUT2D eigenvalue weighted by molar-refractivity contribution is 5.93. The molecule has 6 nitrogen and oxygen atoms in total. The summed E-state index contributed by atoms with van der Waals surface area (Å²) >= 11 is 0. The van der Waals surface area contributed by atoms with Gasteiger partial charge in [-0.25, -0.2) is 0 Å². The average molecular weight is 711 g/mol. The number of hydrogen-bond donors (Lipinski definition) is 0. The largest absolute Gasteiger partial charge is 0.497 e. The van der Waals surface area contributed by atoms with Crippen LogP contribution in [-0.2, 0) is 0 Å². The molecule has 268 valence electrons. The maximum absolute atomic E-state index is 5.45. The second-order valence-corrected chi connectivity index (χ2v) is 12.5. The van der Waals surface area contributed by atoms with E-state index in [-0.39, 0.29) is 0 Å². The van der Waals surface area contributed by atoms with Gasteiger partial charge in [-0.05, 0) is 150 Å². The van der Waals surface area contributed by atoms with E-state index in [1.807, 2.05) is 54.6 Å². The Morgan fingerprint density at radius 2 is 0.593 bits per heavy atom. The van der Waals surface area contributed by atoms with E-state index in [1.54, 1.807) is 28.4 Å². The molecule has 54 heavy (non-hydrogen) atoms. The van der Waals surface area contributed by atoms with Gasteiger partial charge in [0.15, 0.2) is 0 Å². The van der Waals surface area contributed by atoms with Crippen LogP contribution in [0.3, 0.4) is 0 Å². The number of ether oxygens (including phenoxy) is 4. The lowest BCUT2D eigenvalue weighted by Crippen LogP contribution is -2.10. The zero-order valence-corrected chi connectivity index (χ0v) is 30.8. The minimum absolute atomic E-state index is 0.807. The smallest absolute Gasteiger partial charge is 0.119 e. The molecule has 0 saturated carbocycles. The fourth-order valence-electron chi connectivity index (χ4n) is 6.45. The summed E-state index contributed by atoms with van der Waals surface area (Å²) in [6.45, 7) is 0. The molecule has 0 spiro atoms. The second kappa shape index (κ2) is 16.6. The Hall–Kier alpha value is -6.92. The Balaban J connectivity index is 1.27. The van der Waals surface area contributed by atoms with Crippen LogP contribution in [0.15, 0.2) is 176 Å². The monoisotopic (exact) mass is 710 g/mol. The predicted molar refractivity (Wildman–Crippen MR) is 222 cm³/mol. The minimum atomic E-state index is 0.807. The summed E-state index contributed by atoms with van der Waals surface area (Å²) < 4.78 is 21.8. The highest BCUT2D eigenvalue weighted by atomic mass is 16.5. The average Bonchev–Trinajstić information content (AvgIpc) is 3.25. The molecule has 0 heterocycles. The molecule has 7 rings (SSSR count). The highest BCUT2D eigenvalue weighted by Gasteiger charge is 2.17. The summed E-state index contributed by atoms with van der Waals surface area (Å²) in [5, 5.41) is 0. The zero-order valence-electron chi connectivity index (χ0n) is 30.8. The molecule has 7 aromatic carbocycles. The van der Waals surface area contributed by atoms with Crippen LogP contribution in [0, 0.1) is 0 Å². The summed E-state index contributed by atoms with van der Waals surface area (Å²) in [6.07, 6.45) is 2.25. The van der Waals surface area contributed by atoms with E-state index >= 15 is 0 Å². The molecule has 0 bridgehead atoms. The van der Waals surface area contributed by atoms with Crippen LogP contribution < -0.4 is 28.7 Å². The first-order chi connectivity index (χ1) is 26.6. The lowest BCUT2D eigenvalue weighted by atomic mass is 9.95.